The first-order chi connectivity index (χ1) is 5.34. The second-order valence-electron chi connectivity index (χ2n) is 4.64. The lowest BCUT2D eigenvalue weighted by Gasteiger charge is -2.29. The van der Waals surface area contributed by atoms with E-state index < -0.39 is 6.29 Å². The van der Waals surface area contributed by atoms with E-state index >= 15 is 0 Å². The predicted octanol–water partition coefficient (Wildman–Crippen LogP) is 1.94. The van der Waals surface area contributed by atoms with Crippen LogP contribution in [0.3, 0.4) is 0 Å². The molecule has 0 aromatic rings. The molecule has 0 saturated carbocycles. The molecule has 1 saturated heterocycles. The van der Waals surface area contributed by atoms with Gasteiger partial charge in [0, 0.05) is 5.92 Å². The van der Waals surface area contributed by atoms with Gasteiger partial charge in [0.2, 0.25) is 0 Å². The van der Waals surface area contributed by atoms with Crippen LogP contribution in [0.25, 0.3) is 0 Å². The molecule has 1 N–H and O–H groups in total. The van der Waals surface area contributed by atoms with Gasteiger partial charge in [0.15, 0.2) is 6.29 Å². The van der Waals surface area contributed by atoms with Gasteiger partial charge >= 0.3 is 0 Å². The number of rotatable bonds is 0. The van der Waals surface area contributed by atoms with Crippen LogP contribution >= 0.6 is 0 Å². The Kier molecular flexibility index (Phi) is 2.32. The maximum absolute atomic E-state index is 9.38. The maximum atomic E-state index is 9.38. The molecule has 70 valence electrons. The van der Waals surface area contributed by atoms with Crippen molar-refractivity contribution in [2.24, 2.45) is 11.3 Å². The molecule has 0 aromatic carbocycles. The van der Waals surface area contributed by atoms with E-state index in [0.717, 1.165) is 5.57 Å². The van der Waals surface area contributed by atoms with E-state index in [-0.39, 0.29) is 17.4 Å². The summed E-state index contributed by atoms with van der Waals surface area (Å²) < 4.78 is 5.41. The monoisotopic (exact) mass is 170 g/mol. The van der Waals surface area contributed by atoms with Crippen molar-refractivity contribution in [2.45, 2.75) is 40.1 Å². The summed E-state index contributed by atoms with van der Waals surface area (Å²) in [5, 5.41) is 9.38. The number of aliphatic hydroxyl groups excluding tert-OH is 1. The molecule has 0 aromatic heterocycles. The summed E-state index contributed by atoms with van der Waals surface area (Å²) in [6.45, 7) is 12.2. The first-order valence-electron chi connectivity index (χ1n) is 4.36. The standard InChI is InChI=1S/C10H18O2/c1-6-7(2)9(11)12-8(6)10(3,4)5/h6,8-9,11H,2H2,1,3-5H3. The van der Waals surface area contributed by atoms with Crippen molar-refractivity contribution in [1.29, 1.82) is 0 Å². The van der Waals surface area contributed by atoms with Crippen molar-refractivity contribution in [3.05, 3.63) is 12.2 Å². The van der Waals surface area contributed by atoms with Crippen LogP contribution in [0.5, 0.6) is 0 Å². The Balaban J connectivity index is 2.78. The molecule has 0 spiro atoms. The van der Waals surface area contributed by atoms with Crippen LogP contribution in [-0.4, -0.2) is 17.5 Å². The minimum atomic E-state index is -0.760. The summed E-state index contributed by atoms with van der Waals surface area (Å²) in [6.07, 6.45) is -0.677. The molecule has 0 aliphatic carbocycles. The van der Waals surface area contributed by atoms with E-state index in [0.29, 0.717) is 0 Å². The van der Waals surface area contributed by atoms with Gasteiger partial charge in [-0.2, -0.15) is 0 Å². The zero-order valence-corrected chi connectivity index (χ0v) is 8.29. The molecule has 3 unspecified atom stereocenters. The van der Waals surface area contributed by atoms with Gasteiger partial charge in [-0.25, -0.2) is 0 Å². The summed E-state index contributed by atoms with van der Waals surface area (Å²) in [4.78, 5) is 0. The normalized spacial score (nSPS) is 37.4. The first-order valence-corrected chi connectivity index (χ1v) is 4.36. The predicted molar refractivity (Wildman–Crippen MR) is 48.6 cm³/mol. The van der Waals surface area contributed by atoms with Crippen LogP contribution in [0.2, 0.25) is 0 Å². The molecular weight excluding hydrogens is 152 g/mol. The number of hydrogen-bond acceptors (Lipinski definition) is 2. The summed E-state index contributed by atoms with van der Waals surface area (Å²) in [5.74, 6) is 0.250. The second kappa shape index (κ2) is 2.86. The molecule has 1 heterocycles. The maximum Gasteiger partial charge on any atom is 0.177 e. The number of aliphatic hydroxyl groups is 1. The van der Waals surface area contributed by atoms with Gasteiger partial charge in [0.25, 0.3) is 0 Å². The van der Waals surface area contributed by atoms with E-state index in [1.54, 1.807) is 0 Å². The smallest absolute Gasteiger partial charge is 0.177 e. The van der Waals surface area contributed by atoms with Gasteiger partial charge < -0.3 is 9.84 Å². The molecule has 2 nitrogen and oxygen atoms in total. The van der Waals surface area contributed by atoms with E-state index in [1.165, 1.54) is 0 Å². The van der Waals surface area contributed by atoms with Crippen LogP contribution in [0.15, 0.2) is 12.2 Å². The highest BCUT2D eigenvalue weighted by Crippen LogP contribution is 2.39. The Morgan fingerprint density at radius 1 is 1.42 bits per heavy atom. The molecule has 0 bridgehead atoms. The highest BCUT2D eigenvalue weighted by atomic mass is 16.6. The average molecular weight is 170 g/mol. The summed E-state index contributed by atoms with van der Waals surface area (Å²) >= 11 is 0. The van der Waals surface area contributed by atoms with Crippen molar-refractivity contribution in [2.75, 3.05) is 0 Å². The molecular formula is C10H18O2. The van der Waals surface area contributed by atoms with Gasteiger partial charge in [-0.05, 0) is 11.0 Å². The lowest BCUT2D eigenvalue weighted by atomic mass is 9.81. The van der Waals surface area contributed by atoms with Crippen molar-refractivity contribution in [3.8, 4) is 0 Å². The van der Waals surface area contributed by atoms with Gasteiger partial charge in [0.1, 0.15) is 0 Å². The summed E-state index contributed by atoms with van der Waals surface area (Å²) in [7, 11) is 0. The molecule has 3 atom stereocenters. The molecule has 0 amide bonds. The van der Waals surface area contributed by atoms with Crippen molar-refractivity contribution < 1.29 is 9.84 Å². The third-order valence-corrected chi connectivity index (χ3v) is 2.49. The fourth-order valence-corrected chi connectivity index (χ4v) is 1.72. The van der Waals surface area contributed by atoms with Crippen LogP contribution in [0.1, 0.15) is 27.7 Å². The zero-order chi connectivity index (χ0) is 9.52. The third kappa shape index (κ3) is 1.54. The summed E-state index contributed by atoms with van der Waals surface area (Å²) in [6, 6.07) is 0. The first kappa shape index (κ1) is 9.75. The molecule has 1 rings (SSSR count). The van der Waals surface area contributed by atoms with Crippen molar-refractivity contribution >= 4 is 0 Å². The summed E-state index contributed by atoms with van der Waals surface area (Å²) in [5.41, 5.74) is 0.870. The average Bonchev–Trinajstić information content (AvgIpc) is 2.15. The third-order valence-electron chi connectivity index (χ3n) is 2.49. The van der Waals surface area contributed by atoms with Gasteiger partial charge in [-0.15, -0.1) is 0 Å². The second-order valence-corrected chi connectivity index (χ2v) is 4.64. The van der Waals surface area contributed by atoms with Crippen LogP contribution < -0.4 is 0 Å². The molecule has 1 fully saturated rings. The lowest BCUT2D eigenvalue weighted by molar-refractivity contribution is -0.112. The largest absolute Gasteiger partial charge is 0.364 e. The fraction of sp³-hybridized carbons (Fsp3) is 0.800. The van der Waals surface area contributed by atoms with Gasteiger partial charge in [-0.1, -0.05) is 34.3 Å². The number of ether oxygens (including phenoxy) is 1. The Morgan fingerprint density at radius 2 is 1.92 bits per heavy atom. The Morgan fingerprint density at radius 3 is 2.08 bits per heavy atom. The van der Waals surface area contributed by atoms with E-state index in [4.69, 9.17) is 4.74 Å². The van der Waals surface area contributed by atoms with Crippen LogP contribution in [-0.2, 0) is 4.74 Å². The molecule has 0 radical (unpaired) electrons. The molecule has 12 heavy (non-hydrogen) atoms. The van der Waals surface area contributed by atoms with Crippen LogP contribution in [0.4, 0.5) is 0 Å². The van der Waals surface area contributed by atoms with Gasteiger partial charge in [0.05, 0.1) is 6.10 Å². The SMILES string of the molecule is C=C1C(O)OC(C(C)(C)C)C1C. The zero-order valence-electron chi connectivity index (χ0n) is 8.29. The highest BCUT2D eigenvalue weighted by molar-refractivity contribution is 5.11. The fourth-order valence-electron chi connectivity index (χ4n) is 1.72. The van der Waals surface area contributed by atoms with Crippen LogP contribution in [0, 0.1) is 11.3 Å². The molecule has 1 aliphatic heterocycles. The Bertz CT molecular complexity index is 191. The Labute approximate surface area is 74.2 Å². The quantitative estimate of drug-likeness (QED) is 0.563. The Hall–Kier alpha value is -0.340. The topological polar surface area (TPSA) is 29.5 Å². The van der Waals surface area contributed by atoms with Gasteiger partial charge in [-0.3, -0.25) is 0 Å². The molecule has 2 heteroatoms. The highest BCUT2D eigenvalue weighted by Gasteiger charge is 2.41. The van der Waals surface area contributed by atoms with E-state index in [1.807, 2.05) is 0 Å². The minimum Gasteiger partial charge on any atom is -0.364 e. The molecule has 1 aliphatic rings. The minimum absolute atomic E-state index is 0.0693. The van der Waals surface area contributed by atoms with Crippen molar-refractivity contribution in [3.63, 3.8) is 0 Å². The van der Waals surface area contributed by atoms with E-state index in [2.05, 4.69) is 34.3 Å². The number of hydrogen-bond donors (Lipinski definition) is 1. The van der Waals surface area contributed by atoms with E-state index in [9.17, 15) is 5.11 Å². The lowest BCUT2D eigenvalue weighted by Crippen LogP contribution is -2.30. The van der Waals surface area contributed by atoms with Crippen molar-refractivity contribution in [1.82, 2.24) is 0 Å².